The Morgan fingerprint density at radius 1 is 1.32 bits per heavy atom. The molecule has 0 unspecified atom stereocenters. The van der Waals surface area contributed by atoms with Gasteiger partial charge in [-0.25, -0.2) is 9.97 Å². The van der Waals surface area contributed by atoms with Crippen LogP contribution in [0.5, 0.6) is 0 Å². The van der Waals surface area contributed by atoms with Crippen molar-refractivity contribution in [1.82, 2.24) is 24.7 Å². The molecule has 0 saturated carbocycles. The van der Waals surface area contributed by atoms with Crippen molar-refractivity contribution in [1.29, 1.82) is 0 Å². The summed E-state index contributed by atoms with van der Waals surface area (Å²) in [6.45, 7) is 0.539. The van der Waals surface area contributed by atoms with Gasteiger partial charge in [0.1, 0.15) is 18.5 Å². The Morgan fingerprint density at radius 3 is 3.00 bits per heavy atom. The Hall–Kier alpha value is -2.70. The molecule has 19 heavy (non-hydrogen) atoms. The summed E-state index contributed by atoms with van der Waals surface area (Å²) in [6, 6.07) is 5.55. The van der Waals surface area contributed by atoms with Gasteiger partial charge in [-0.05, 0) is 18.2 Å². The molecule has 0 spiro atoms. The van der Waals surface area contributed by atoms with Crippen LogP contribution in [0.3, 0.4) is 0 Å². The second-order valence-electron chi connectivity index (χ2n) is 4.21. The SMILES string of the molecule is Cn1cnnc1CNc1ncnc2ccc(N)cc12. The van der Waals surface area contributed by atoms with Gasteiger partial charge in [-0.15, -0.1) is 10.2 Å². The minimum atomic E-state index is 0.539. The fourth-order valence-electron chi connectivity index (χ4n) is 1.85. The molecule has 7 heteroatoms. The molecule has 0 radical (unpaired) electrons. The third-order valence-electron chi connectivity index (χ3n) is 2.88. The summed E-state index contributed by atoms with van der Waals surface area (Å²) in [7, 11) is 1.90. The van der Waals surface area contributed by atoms with Crippen LogP contribution in [0.1, 0.15) is 5.82 Å². The van der Waals surface area contributed by atoms with Gasteiger partial charge in [0, 0.05) is 18.1 Å². The Labute approximate surface area is 109 Å². The summed E-state index contributed by atoms with van der Waals surface area (Å²) < 4.78 is 1.85. The van der Waals surface area contributed by atoms with Crippen molar-refractivity contribution in [2.45, 2.75) is 6.54 Å². The number of fused-ring (bicyclic) bond motifs is 1. The Kier molecular flexibility index (Phi) is 2.71. The molecule has 0 aliphatic heterocycles. The van der Waals surface area contributed by atoms with Crippen molar-refractivity contribution in [3.05, 3.63) is 36.7 Å². The zero-order valence-corrected chi connectivity index (χ0v) is 10.4. The number of nitrogens with two attached hydrogens (primary N) is 1. The normalized spacial score (nSPS) is 10.8. The Bertz CT molecular complexity index is 719. The summed E-state index contributed by atoms with van der Waals surface area (Å²) in [5, 5.41) is 12.0. The third-order valence-corrected chi connectivity index (χ3v) is 2.88. The molecule has 0 aliphatic rings. The van der Waals surface area contributed by atoms with Crippen LogP contribution in [-0.4, -0.2) is 24.7 Å². The van der Waals surface area contributed by atoms with Gasteiger partial charge in [-0.1, -0.05) is 0 Å². The van der Waals surface area contributed by atoms with E-state index in [1.165, 1.54) is 6.33 Å². The Morgan fingerprint density at radius 2 is 2.21 bits per heavy atom. The van der Waals surface area contributed by atoms with Gasteiger partial charge < -0.3 is 15.6 Å². The van der Waals surface area contributed by atoms with E-state index in [-0.39, 0.29) is 0 Å². The predicted octanol–water partition coefficient (Wildman–Crippen LogP) is 0.953. The summed E-state index contributed by atoms with van der Waals surface area (Å²) in [4.78, 5) is 8.45. The second kappa shape index (κ2) is 4.52. The zero-order chi connectivity index (χ0) is 13.2. The van der Waals surface area contributed by atoms with E-state index in [1.807, 2.05) is 29.8 Å². The first-order valence-corrected chi connectivity index (χ1v) is 5.81. The van der Waals surface area contributed by atoms with Crippen LogP contribution in [0.25, 0.3) is 10.9 Å². The molecule has 0 saturated heterocycles. The number of nitrogen functional groups attached to an aromatic ring is 1. The van der Waals surface area contributed by atoms with Crippen molar-refractivity contribution >= 4 is 22.4 Å². The van der Waals surface area contributed by atoms with E-state index in [2.05, 4.69) is 25.5 Å². The van der Waals surface area contributed by atoms with Crippen molar-refractivity contribution in [3.8, 4) is 0 Å². The molecule has 0 aliphatic carbocycles. The number of anilines is 2. The maximum Gasteiger partial charge on any atom is 0.151 e. The summed E-state index contributed by atoms with van der Waals surface area (Å²) >= 11 is 0. The highest BCUT2D eigenvalue weighted by Crippen LogP contribution is 2.21. The molecule has 96 valence electrons. The summed E-state index contributed by atoms with van der Waals surface area (Å²) in [6.07, 6.45) is 3.19. The van der Waals surface area contributed by atoms with Gasteiger partial charge in [-0.3, -0.25) is 0 Å². The molecule has 2 aromatic heterocycles. The molecule has 3 aromatic rings. The number of nitrogens with one attached hydrogen (secondary N) is 1. The largest absolute Gasteiger partial charge is 0.399 e. The van der Waals surface area contributed by atoms with Crippen LogP contribution < -0.4 is 11.1 Å². The highest BCUT2D eigenvalue weighted by Gasteiger charge is 2.06. The van der Waals surface area contributed by atoms with Gasteiger partial charge >= 0.3 is 0 Å². The first-order chi connectivity index (χ1) is 9.24. The van der Waals surface area contributed by atoms with E-state index < -0.39 is 0 Å². The van der Waals surface area contributed by atoms with Crippen LogP contribution in [0, 0.1) is 0 Å². The molecule has 1 aromatic carbocycles. The molecule has 0 bridgehead atoms. The van der Waals surface area contributed by atoms with Crippen LogP contribution in [0.4, 0.5) is 11.5 Å². The number of benzene rings is 1. The quantitative estimate of drug-likeness (QED) is 0.677. The summed E-state index contributed by atoms with van der Waals surface area (Å²) in [5.41, 5.74) is 7.33. The number of aromatic nitrogens is 5. The number of nitrogens with zero attached hydrogens (tertiary/aromatic N) is 5. The minimum Gasteiger partial charge on any atom is -0.399 e. The van der Waals surface area contributed by atoms with E-state index in [4.69, 9.17) is 5.73 Å². The molecule has 0 atom stereocenters. The number of hydrogen-bond donors (Lipinski definition) is 2. The van der Waals surface area contributed by atoms with Crippen LogP contribution >= 0.6 is 0 Å². The molecule has 0 amide bonds. The monoisotopic (exact) mass is 255 g/mol. The smallest absolute Gasteiger partial charge is 0.151 e. The second-order valence-corrected chi connectivity index (χ2v) is 4.21. The standard InChI is InChI=1S/C12H13N7/c1-19-7-17-18-11(19)5-14-12-9-4-8(13)2-3-10(9)15-6-16-12/h2-4,6-7H,5,13H2,1H3,(H,14,15,16). The zero-order valence-electron chi connectivity index (χ0n) is 10.4. The van der Waals surface area contributed by atoms with E-state index in [0.717, 1.165) is 22.5 Å². The molecule has 3 rings (SSSR count). The van der Waals surface area contributed by atoms with Crippen molar-refractivity contribution in [3.63, 3.8) is 0 Å². The first kappa shape index (κ1) is 11.4. The molecule has 3 N–H and O–H groups in total. The van der Waals surface area contributed by atoms with Crippen LogP contribution in [-0.2, 0) is 13.6 Å². The van der Waals surface area contributed by atoms with E-state index in [9.17, 15) is 0 Å². The van der Waals surface area contributed by atoms with Crippen LogP contribution in [0.15, 0.2) is 30.9 Å². The van der Waals surface area contributed by atoms with Gasteiger partial charge in [0.25, 0.3) is 0 Å². The number of rotatable bonds is 3. The highest BCUT2D eigenvalue weighted by atomic mass is 15.3. The third kappa shape index (κ3) is 2.17. The average molecular weight is 255 g/mol. The fourth-order valence-corrected chi connectivity index (χ4v) is 1.85. The molecule has 2 heterocycles. The lowest BCUT2D eigenvalue weighted by molar-refractivity contribution is 0.810. The van der Waals surface area contributed by atoms with Gasteiger partial charge in [-0.2, -0.15) is 0 Å². The lowest BCUT2D eigenvalue weighted by atomic mass is 10.2. The lowest BCUT2D eigenvalue weighted by Gasteiger charge is -2.08. The molecular weight excluding hydrogens is 242 g/mol. The molecular formula is C12H13N7. The van der Waals surface area contributed by atoms with E-state index in [1.54, 1.807) is 6.33 Å². The van der Waals surface area contributed by atoms with Crippen molar-refractivity contribution in [2.24, 2.45) is 7.05 Å². The fraction of sp³-hybridized carbons (Fsp3) is 0.167. The predicted molar refractivity (Wildman–Crippen MR) is 72.3 cm³/mol. The van der Waals surface area contributed by atoms with Crippen molar-refractivity contribution < 1.29 is 0 Å². The minimum absolute atomic E-state index is 0.539. The highest BCUT2D eigenvalue weighted by molar-refractivity contribution is 5.91. The first-order valence-electron chi connectivity index (χ1n) is 5.81. The van der Waals surface area contributed by atoms with Crippen molar-refractivity contribution in [2.75, 3.05) is 11.1 Å². The lowest BCUT2D eigenvalue weighted by Crippen LogP contribution is -2.07. The van der Waals surface area contributed by atoms with Gasteiger partial charge in [0.2, 0.25) is 0 Å². The maximum atomic E-state index is 5.80. The number of aryl methyl sites for hydroxylation is 1. The average Bonchev–Trinajstić information content (AvgIpc) is 2.82. The van der Waals surface area contributed by atoms with Gasteiger partial charge in [0.15, 0.2) is 5.82 Å². The molecule has 7 nitrogen and oxygen atoms in total. The van der Waals surface area contributed by atoms with E-state index >= 15 is 0 Å². The van der Waals surface area contributed by atoms with E-state index in [0.29, 0.717) is 12.2 Å². The molecule has 0 fully saturated rings. The number of hydrogen-bond acceptors (Lipinski definition) is 6. The van der Waals surface area contributed by atoms with Crippen LogP contribution in [0.2, 0.25) is 0 Å². The maximum absolute atomic E-state index is 5.80. The topological polar surface area (TPSA) is 94.5 Å². The van der Waals surface area contributed by atoms with Gasteiger partial charge in [0.05, 0.1) is 12.1 Å². The summed E-state index contributed by atoms with van der Waals surface area (Å²) in [5.74, 6) is 1.57. The Balaban J connectivity index is 1.92.